The van der Waals surface area contributed by atoms with Gasteiger partial charge in [0.05, 0.1) is 12.2 Å². The third-order valence-corrected chi connectivity index (χ3v) is 5.26. The minimum absolute atomic E-state index is 0.0104. The Morgan fingerprint density at radius 1 is 1.25 bits per heavy atom. The fourth-order valence-electron chi connectivity index (χ4n) is 2.91. The molecule has 5 nitrogen and oxygen atoms in total. The minimum atomic E-state index is -0.234. The second-order valence-electron chi connectivity index (χ2n) is 5.92. The van der Waals surface area contributed by atoms with Crippen LogP contribution in [0, 0.1) is 0 Å². The first kappa shape index (κ1) is 16.6. The van der Waals surface area contributed by atoms with Crippen LogP contribution in [0.15, 0.2) is 30.3 Å². The van der Waals surface area contributed by atoms with Crippen LogP contribution in [-0.2, 0) is 22.4 Å². The highest BCUT2D eigenvalue weighted by molar-refractivity contribution is 7.15. The number of benzene rings is 1. The normalized spacial score (nSPS) is 16.3. The Labute approximate surface area is 145 Å². The van der Waals surface area contributed by atoms with E-state index in [2.05, 4.69) is 39.9 Å². The number of aryl methyl sites for hydroxylation is 1. The van der Waals surface area contributed by atoms with Crippen LogP contribution < -0.4 is 10.6 Å². The summed E-state index contributed by atoms with van der Waals surface area (Å²) in [6, 6.07) is 10.5. The number of nitrogens with one attached hydrogen (secondary N) is 2. The van der Waals surface area contributed by atoms with Gasteiger partial charge in [-0.2, -0.15) is 0 Å². The van der Waals surface area contributed by atoms with Crippen molar-refractivity contribution in [2.24, 2.45) is 0 Å². The van der Waals surface area contributed by atoms with Crippen LogP contribution in [0.5, 0.6) is 0 Å². The lowest BCUT2D eigenvalue weighted by Gasteiger charge is -2.21. The molecule has 2 amide bonds. The Kier molecular flexibility index (Phi) is 5.25. The van der Waals surface area contributed by atoms with Gasteiger partial charge in [-0.15, -0.1) is 11.3 Å². The van der Waals surface area contributed by atoms with E-state index >= 15 is 0 Å². The van der Waals surface area contributed by atoms with Crippen LogP contribution in [0.4, 0.5) is 5.13 Å². The van der Waals surface area contributed by atoms with Gasteiger partial charge in [-0.1, -0.05) is 37.3 Å². The number of amides is 2. The van der Waals surface area contributed by atoms with Gasteiger partial charge in [0.15, 0.2) is 5.13 Å². The number of hydrogen-bond donors (Lipinski definition) is 2. The molecule has 0 unspecified atom stereocenters. The summed E-state index contributed by atoms with van der Waals surface area (Å²) in [5, 5.41) is 5.98. The summed E-state index contributed by atoms with van der Waals surface area (Å²) in [6.07, 6.45) is 3.37. The molecule has 0 saturated heterocycles. The number of aromatic nitrogens is 1. The van der Waals surface area contributed by atoms with E-state index in [0.717, 1.165) is 25.0 Å². The van der Waals surface area contributed by atoms with Crippen LogP contribution in [0.25, 0.3) is 0 Å². The number of fused-ring (bicyclic) bond motifs is 1. The Morgan fingerprint density at radius 2 is 2.04 bits per heavy atom. The average molecular weight is 343 g/mol. The summed E-state index contributed by atoms with van der Waals surface area (Å²) in [4.78, 5) is 28.9. The highest BCUT2D eigenvalue weighted by Gasteiger charge is 2.24. The zero-order chi connectivity index (χ0) is 16.9. The van der Waals surface area contributed by atoms with Gasteiger partial charge in [-0.05, 0) is 30.7 Å². The van der Waals surface area contributed by atoms with Gasteiger partial charge < -0.3 is 10.6 Å². The maximum Gasteiger partial charge on any atom is 0.245 e. The molecular weight excluding hydrogens is 322 g/mol. The van der Waals surface area contributed by atoms with E-state index in [1.807, 2.05) is 6.07 Å². The van der Waals surface area contributed by atoms with E-state index in [1.54, 1.807) is 18.3 Å². The summed E-state index contributed by atoms with van der Waals surface area (Å²) in [5.41, 5.74) is 2.46. The van der Waals surface area contributed by atoms with Gasteiger partial charge >= 0.3 is 0 Å². The van der Waals surface area contributed by atoms with Gasteiger partial charge in [0.1, 0.15) is 0 Å². The molecule has 1 aromatic heterocycles. The number of anilines is 1. The van der Waals surface area contributed by atoms with Crippen LogP contribution in [0.2, 0.25) is 0 Å². The number of carbonyl (C=O) groups is 2. The SMILES string of the molecule is CCC(=O)NCC(=O)Nc1nc2c(s1)C[C@@H](c1ccccc1)CC2. The maximum absolute atomic E-state index is 11.9. The van der Waals surface area contributed by atoms with E-state index in [9.17, 15) is 9.59 Å². The van der Waals surface area contributed by atoms with Crippen molar-refractivity contribution in [1.82, 2.24) is 10.3 Å². The molecule has 1 aliphatic carbocycles. The van der Waals surface area contributed by atoms with Crippen LogP contribution in [0.3, 0.4) is 0 Å². The smallest absolute Gasteiger partial charge is 0.245 e. The van der Waals surface area contributed by atoms with Gasteiger partial charge in [0.2, 0.25) is 11.8 Å². The van der Waals surface area contributed by atoms with Crippen molar-refractivity contribution >= 4 is 28.3 Å². The molecule has 3 rings (SSSR count). The van der Waals surface area contributed by atoms with Crippen molar-refractivity contribution in [3.63, 3.8) is 0 Å². The fraction of sp³-hybridized carbons (Fsp3) is 0.389. The highest BCUT2D eigenvalue weighted by atomic mass is 32.1. The van der Waals surface area contributed by atoms with Gasteiger partial charge in [0.25, 0.3) is 0 Å². The second-order valence-corrected chi connectivity index (χ2v) is 7.00. The molecule has 0 spiro atoms. The number of rotatable bonds is 5. The van der Waals surface area contributed by atoms with Crippen molar-refractivity contribution in [2.75, 3.05) is 11.9 Å². The largest absolute Gasteiger partial charge is 0.347 e. The topological polar surface area (TPSA) is 71.1 Å². The third-order valence-electron chi connectivity index (χ3n) is 4.22. The molecule has 24 heavy (non-hydrogen) atoms. The lowest BCUT2D eigenvalue weighted by Crippen LogP contribution is -2.32. The number of hydrogen-bond acceptors (Lipinski definition) is 4. The summed E-state index contributed by atoms with van der Waals surface area (Å²) in [6.45, 7) is 1.74. The monoisotopic (exact) mass is 343 g/mol. The van der Waals surface area contributed by atoms with Crippen molar-refractivity contribution < 1.29 is 9.59 Å². The molecule has 0 fully saturated rings. The van der Waals surface area contributed by atoms with Crippen LogP contribution >= 0.6 is 11.3 Å². The first-order chi connectivity index (χ1) is 11.7. The first-order valence-corrected chi connectivity index (χ1v) is 9.07. The lowest BCUT2D eigenvalue weighted by atomic mass is 9.85. The molecule has 0 radical (unpaired) electrons. The van der Waals surface area contributed by atoms with Crippen LogP contribution in [-0.4, -0.2) is 23.3 Å². The molecule has 126 valence electrons. The average Bonchev–Trinajstić information content (AvgIpc) is 3.01. The Hall–Kier alpha value is -2.21. The van der Waals surface area contributed by atoms with E-state index < -0.39 is 0 Å². The summed E-state index contributed by atoms with van der Waals surface area (Å²) >= 11 is 1.55. The lowest BCUT2D eigenvalue weighted by molar-refractivity contribution is -0.123. The molecule has 1 aromatic carbocycles. The first-order valence-electron chi connectivity index (χ1n) is 8.25. The molecule has 0 saturated carbocycles. The molecule has 1 aliphatic rings. The molecule has 0 bridgehead atoms. The predicted octanol–water partition coefficient (Wildman–Crippen LogP) is 2.88. The molecule has 0 aliphatic heterocycles. The fourth-order valence-corrected chi connectivity index (χ4v) is 4.01. The van der Waals surface area contributed by atoms with Crippen molar-refractivity contribution in [2.45, 2.75) is 38.5 Å². The maximum atomic E-state index is 11.9. The Morgan fingerprint density at radius 3 is 2.79 bits per heavy atom. The third kappa shape index (κ3) is 4.00. The summed E-state index contributed by atoms with van der Waals surface area (Å²) in [5.74, 6) is 0.156. The highest BCUT2D eigenvalue weighted by Crippen LogP contribution is 2.36. The second kappa shape index (κ2) is 7.57. The standard InChI is InChI=1S/C18H21N3O2S/c1-2-16(22)19-11-17(23)21-18-20-14-9-8-13(10-15(14)24-18)12-6-4-3-5-7-12/h3-7,13H,2,8-11H2,1H3,(H,19,22)(H,20,21,23)/t13-/m0/s1. The molecule has 2 N–H and O–H groups in total. The van der Waals surface area contributed by atoms with E-state index in [0.29, 0.717) is 17.5 Å². The van der Waals surface area contributed by atoms with Crippen molar-refractivity contribution in [1.29, 1.82) is 0 Å². The van der Waals surface area contributed by atoms with Gasteiger partial charge in [0, 0.05) is 11.3 Å². The summed E-state index contributed by atoms with van der Waals surface area (Å²) < 4.78 is 0. The Balaban J connectivity index is 1.61. The van der Waals surface area contributed by atoms with Gasteiger partial charge in [-0.3, -0.25) is 9.59 Å². The number of thiazole rings is 1. The van der Waals surface area contributed by atoms with E-state index in [4.69, 9.17) is 0 Å². The molecule has 6 heteroatoms. The Bertz CT molecular complexity index is 727. The molecule has 2 aromatic rings. The molecule has 1 atom stereocenters. The quantitative estimate of drug-likeness (QED) is 0.877. The van der Waals surface area contributed by atoms with Gasteiger partial charge in [-0.25, -0.2) is 4.98 Å². The van der Waals surface area contributed by atoms with E-state index in [1.165, 1.54) is 10.4 Å². The van der Waals surface area contributed by atoms with Crippen molar-refractivity contribution in [3.05, 3.63) is 46.5 Å². The zero-order valence-corrected chi connectivity index (χ0v) is 14.5. The predicted molar refractivity (Wildman–Crippen MR) is 95.3 cm³/mol. The molecule has 1 heterocycles. The number of carbonyl (C=O) groups excluding carboxylic acids is 2. The number of nitrogens with zero attached hydrogens (tertiary/aromatic N) is 1. The summed E-state index contributed by atoms with van der Waals surface area (Å²) in [7, 11) is 0. The van der Waals surface area contributed by atoms with E-state index in [-0.39, 0.29) is 18.4 Å². The zero-order valence-electron chi connectivity index (χ0n) is 13.7. The van der Waals surface area contributed by atoms with Crippen LogP contribution in [0.1, 0.15) is 41.8 Å². The molecular formula is C18H21N3O2S. The van der Waals surface area contributed by atoms with Crippen molar-refractivity contribution in [3.8, 4) is 0 Å². The minimum Gasteiger partial charge on any atom is -0.347 e.